The first-order chi connectivity index (χ1) is 38.2. The van der Waals surface area contributed by atoms with Crippen LogP contribution in [0.3, 0.4) is 0 Å². The third-order valence-electron chi connectivity index (χ3n) is 15.0. The molecule has 0 heterocycles. The van der Waals surface area contributed by atoms with Crippen LogP contribution in [0.1, 0.15) is 328 Å². The molecule has 0 bridgehead atoms. The van der Waals surface area contributed by atoms with Crippen molar-refractivity contribution in [2.24, 2.45) is 0 Å². The number of allylic oxidation sites excluding steroid dienone is 17. The normalized spacial score (nSPS) is 13.5. The van der Waals surface area contributed by atoms with Gasteiger partial charge >= 0.3 is 0 Å². The maximum atomic E-state index is 12.5. The molecule has 2 atom stereocenters. The molecule has 0 spiro atoms. The van der Waals surface area contributed by atoms with Gasteiger partial charge in [-0.3, -0.25) is 4.79 Å². The van der Waals surface area contributed by atoms with E-state index in [0.29, 0.717) is 6.42 Å². The van der Waals surface area contributed by atoms with Crippen molar-refractivity contribution in [3.63, 3.8) is 0 Å². The van der Waals surface area contributed by atoms with Gasteiger partial charge in [-0.05, 0) is 89.9 Å². The highest BCUT2D eigenvalue weighted by atomic mass is 16.3. The van der Waals surface area contributed by atoms with E-state index in [4.69, 9.17) is 0 Å². The minimum atomic E-state index is -0.868. The Morgan fingerprint density at radius 2 is 0.584 bits per heavy atom. The predicted octanol–water partition coefficient (Wildman–Crippen LogP) is 23.0. The van der Waals surface area contributed by atoms with E-state index in [9.17, 15) is 15.0 Å². The second-order valence-electron chi connectivity index (χ2n) is 22.5. The van der Waals surface area contributed by atoms with Crippen molar-refractivity contribution in [2.75, 3.05) is 6.61 Å². The maximum Gasteiger partial charge on any atom is 0.220 e. The highest BCUT2D eigenvalue weighted by Gasteiger charge is 2.18. The third kappa shape index (κ3) is 63.8. The molecular weight excluding hydrogens is 939 g/mol. The smallest absolute Gasteiger partial charge is 0.220 e. The Kier molecular flexibility index (Phi) is 64.7. The first kappa shape index (κ1) is 74.0. The molecule has 1 amide bonds. The molecule has 2 unspecified atom stereocenters. The fraction of sp³-hybridized carbons (Fsp3) is 0.740. The van der Waals surface area contributed by atoms with Crippen molar-refractivity contribution in [1.29, 1.82) is 0 Å². The summed E-state index contributed by atoms with van der Waals surface area (Å²) in [6.45, 7) is 4.21. The zero-order valence-electron chi connectivity index (χ0n) is 51.2. The van der Waals surface area contributed by atoms with Gasteiger partial charge in [0.1, 0.15) is 0 Å². The van der Waals surface area contributed by atoms with Crippen molar-refractivity contribution in [3.8, 4) is 0 Å². The number of amides is 1. The largest absolute Gasteiger partial charge is 0.394 e. The summed E-state index contributed by atoms with van der Waals surface area (Å²) in [7, 11) is 0. The maximum absolute atomic E-state index is 12.5. The van der Waals surface area contributed by atoms with Crippen molar-refractivity contribution < 1.29 is 15.0 Å². The Balaban J connectivity index is 3.52. The molecule has 0 fully saturated rings. The van der Waals surface area contributed by atoms with Gasteiger partial charge in [-0.1, -0.05) is 342 Å². The molecule has 0 rings (SSSR count). The summed E-state index contributed by atoms with van der Waals surface area (Å²) in [6, 6.07) is -0.645. The standard InChI is InChI=1S/C73H129NO3/c1-3-5-7-9-11-13-15-17-19-21-23-25-27-29-31-32-33-34-35-36-37-38-39-40-41-42-43-45-47-49-51-53-55-57-59-61-63-65-67-69-73(77)74-71(70-75)72(76)68-66-64-62-60-58-56-54-52-50-48-46-44-30-28-26-24-22-20-18-16-14-12-10-8-6-4-2/h5,7,11,13,17,19,23,25,29,31,33-34,36-37,58,60,66,68,71-72,75-76H,3-4,6,8-10,12,14-16,18,20-22,24,26-28,30,32,35,38-57,59,61-65,67,69-70H2,1-2H3,(H,74,77)/b7-5-,13-11-,19-17-,25-23-,31-29-,34-33-,37-36-,60-58+,68-66+. The molecule has 0 saturated heterocycles. The van der Waals surface area contributed by atoms with Crippen LogP contribution in [0.4, 0.5) is 0 Å². The van der Waals surface area contributed by atoms with Gasteiger partial charge < -0.3 is 15.5 Å². The fourth-order valence-corrected chi connectivity index (χ4v) is 9.94. The molecular formula is C73H129NO3. The first-order valence-corrected chi connectivity index (χ1v) is 33.6. The van der Waals surface area contributed by atoms with E-state index < -0.39 is 12.1 Å². The number of nitrogens with one attached hydrogen (secondary N) is 1. The fourth-order valence-electron chi connectivity index (χ4n) is 9.94. The van der Waals surface area contributed by atoms with E-state index in [1.54, 1.807) is 6.08 Å². The zero-order chi connectivity index (χ0) is 55.5. The van der Waals surface area contributed by atoms with E-state index in [1.165, 1.54) is 231 Å². The van der Waals surface area contributed by atoms with Crippen LogP contribution in [0.15, 0.2) is 109 Å². The summed E-state index contributed by atoms with van der Waals surface area (Å²) in [6.07, 6.45) is 102. The van der Waals surface area contributed by atoms with Crippen molar-refractivity contribution in [3.05, 3.63) is 109 Å². The lowest BCUT2D eigenvalue weighted by Crippen LogP contribution is -2.45. The molecule has 0 aliphatic carbocycles. The predicted molar refractivity (Wildman–Crippen MR) is 345 cm³/mol. The Labute approximate surface area is 480 Å². The molecule has 0 radical (unpaired) electrons. The highest BCUT2D eigenvalue weighted by Crippen LogP contribution is 2.17. The number of rotatable bonds is 61. The molecule has 0 aromatic heterocycles. The van der Waals surface area contributed by atoms with Gasteiger partial charge in [0.15, 0.2) is 0 Å². The average molecular weight is 1070 g/mol. The number of aliphatic hydroxyl groups excluding tert-OH is 2. The molecule has 0 aliphatic heterocycles. The quantitative estimate of drug-likeness (QED) is 0.0420. The van der Waals surface area contributed by atoms with E-state index in [1.807, 2.05) is 6.08 Å². The van der Waals surface area contributed by atoms with Gasteiger partial charge in [0.05, 0.1) is 18.8 Å². The Morgan fingerprint density at radius 1 is 0.325 bits per heavy atom. The van der Waals surface area contributed by atoms with Crippen LogP contribution < -0.4 is 5.32 Å². The Morgan fingerprint density at radius 3 is 0.909 bits per heavy atom. The molecule has 0 aromatic carbocycles. The lowest BCUT2D eigenvalue weighted by atomic mass is 10.0. The number of hydrogen-bond acceptors (Lipinski definition) is 3. The van der Waals surface area contributed by atoms with Crippen molar-refractivity contribution in [2.45, 2.75) is 341 Å². The molecule has 0 saturated carbocycles. The number of unbranched alkanes of at least 4 members (excludes halogenated alkanes) is 38. The summed E-state index contributed by atoms with van der Waals surface area (Å²) in [5.41, 5.74) is 0. The van der Waals surface area contributed by atoms with E-state index in [0.717, 1.165) is 77.0 Å². The van der Waals surface area contributed by atoms with E-state index >= 15 is 0 Å². The lowest BCUT2D eigenvalue weighted by Gasteiger charge is -2.19. The minimum Gasteiger partial charge on any atom is -0.394 e. The average Bonchev–Trinajstić information content (AvgIpc) is 3.43. The monoisotopic (exact) mass is 1070 g/mol. The second-order valence-corrected chi connectivity index (χ2v) is 22.5. The van der Waals surface area contributed by atoms with Crippen molar-refractivity contribution >= 4 is 5.91 Å². The summed E-state index contributed by atoms with van der Waals surface area (Å²) in [5, 5.41) is 23.2. The second kappa shape index (κ2) is 67.3. The zero-order valence-corrected chi connectivity index (χ0v) is 51.2. The van der Waals surface area contributed by atoms with Crippen LogP contribution in [0, 0.1) is 0 Å². The van der Waals surface area contributed by atoms with Gasteiger partial charge in [-0.2, -0.15) is 0 Å². The number of aliphatic hydroxyl groups is 2. The number of hydrogen-bond donors (Lipinski definition) is 3. The molecule has 0 aliphatic rings. The molecule has 0 aromatic rings. The topological polar surface area (TPSA) is 69.6 Å². The molecule has 3 N–H and O–H groups in total. The summed E-state index contributed by atoms with van der Waals surface area (Å²) >= 11 is 0. The molecule has 4 nitrogen and oxygen atoms in total. The molecule has 444 valence electrons. The van der Waals surface area contributed by atoms with Gasteiger partial charge in [0, 0.05) is 6.42 Å². The van der Waals surface area contributed by atoms with Crippen LogP contribution in [0.25, 0.3) is 0 Å². The van der Waals surface area contributed by atoms with Gasteiger partial charge in [-0.15, -0.1) is 0 Å². The lowest BCUT2D eigenvalue weighted by molar-refractivity contribution is -0.123. The number of carbonyl (C=O) groups excluding carboxylic acids is 1. The van der Waals surface area contributed by atoms with E-state index in [2.05, 4.69) is 116 Å². The Bertz CT molecular complexity index is 1440. The summed E-state index contributed by atoms with van der Waals surface area (Å²) in [4.78, 5) is 12.5. The van der Waals surface area contributed by atoms with Crippen LogP contribution >= 0.6 is 0 Å². The van der Waals surface area contributed by atoms with E-state index in [-0.39, 0.29) is 12.5 Å². The highest BCUT2D eigenvalue weighted by molar-refractivity contribution is 5.76. The SMILES string of the molecule is CC/C=C\C/C=C\C/C=C\C/C=C\C/C=C\C/C=C\C/C=C\CCCCCCCCCCCCCCCCCCCC(=O)NC(CO)C(O)/C=C/CC/C=C/CCCCCCCCCCCCCCCCCCCCCC. The van der Waals surface area contributed by atoms with Crippen LogP contribution in [-0.2, 0) is 4.79 Å². The minimum absolute atomic E-state index is 0.0724. The molecule has 77 heavy (non-hydrogen) atoms. The van der Waals surface area contributed by atoms with Crippen LogP contribution in [0.2, 0.25) is 0 Å². The van der Waals surface area contributed by atoms with Gasteiger partial charge in [0.25, 0.3) is 0 Å². The third-order valence-corrected chi connectivity index (χ3v) is 15.0. The molecule has 4 heteroatoms. The number of carbonyl (C=O) groups is 1. The summed E-state index contributed by atoms with van der Waals surface area (Å²) in [5.74, 6) is -0.0724. The summed E-state index contributed by atoms with van der Waals surface area (Å²) < 4.78 is 0. The Hall–Kier alpha value is -2.95. The van der Waals surface area contributed by atoms with Crippen LogP contribution in [0.5, 0.6) is 0 Å². The van der Waals surface area contributed by atoms with Crippen LogP contribution in [-0.4, -0.2) is 34.9 Å². The van der Waals surface area contributed by atoms with Gasteiger partial charge in [0.2, 0.25) is 5.91 Å². The first-order valence-electron chi connectivity index (χ1n) is 33.6. The van der Waals surface area contributed by atoms with Gasteiger partial charge in [-0.25, -0.2) is 0 Å². The van der Waals surface area contributed by atoms with Crippen molar-refractivity contribution in [1.82, 2.24) is 5.32 Å².